The van der Waals surface area contributed by atoms with Gasteiger partial charge in [-0.15, -0.1) is 0 Å². The number of carbonyl (C=O) groups excluding carboxylic acids is 1. The zero-order chi connectivity index (χ0) is 16.7. The molecule has 0 radical (unpaired) electrons. The molecule has 0 fully saturated rings. The fourth-order valence-electron chi connectivity index (χ4n) is 2.95. The second-order valence-electron chi connectivity index (χ2n) is 6.01. The van der Waals surface area contributed by atoms with Crippen LogP contribution in [0, 0.1) is 27.7 Å². The van der Waals surface area contributed by atoms with E-state index in [0.717, 1.165) is 28.1 Å². The number of hydrogen-bond donors (Lipinski definition) is 1. The summed E-state index contributed by atoms with van der Waals surface area (Å²) < 4.78 is 5.78. The van der Waals surface area contributed by atoms with Crippen LogP contribution in [0.15, 0.2) is 18.2 Å². The van der Waals surface area contributed by atoms with E-state index in [2.05, 4.69) is 10.3 Å². The Hall–Kier alpha value is -2.07. The summed E-state index contributed by atoms with van der Waals surface area (Å²) >= 11 is 6.16. The zero-order valence-corrected chi connectivity index (χ0v) is 14.4. The lowest BCUT2D eigenvalue weighted by molar-refractivity contribution is 0.0929. The van der Waals surface area contributed by atoms with E-state index in [1.54, 1.807) is 0 Å². The standard InChI is InChI=1S/C18H19ClN2O2/c1-9-5-6-13-14(8-23-16(13)12(9)4)21-18(22)15-10(2)7-11(3)20-17(15)19/h5-7,14H,8H2,1-4H3,(H,21,22)/t14-/m0/s1. The first-order valence-corrected chi connectivity index (χ1v) is 7.93. The number of halogens is 1. The summed E-state index contributed by atoms with van der Waals surface area (Å²) in [5.74, 6) is 0.653. The molecular weight excluding hydrogens is 312 g/mol. The highest BCUT2D eigenvalue weighted by Crippen LogP contribution is 2.37. The van der Waals surface area contributed by atoms with Gasteiger partial charge in [-0.2, -0.15) is 0 Å². The van der Waals surface area contributed by atoms with E-state index < -0.39 is 0 Å². The van der Waals surface area contributed by atoms with Gasteiger partial charge < -0.3 is 10.1 Å². The lowest BCUT2D eigenvalue weighted by Gasteiger charge is -2.14. The molecule has 120 valence electrons. The van der Waals surface area contributed by atoms with Crippen molar-refractivity contribution in [3.05, 3.63) is 56.9 Å². The number of aryl methyl sites for hydroxylation is 3. The molecule has 23 heavy (non-hydrogen) atoms. The van der Waals surface area contributed by atoms with E-state index in [9.17, 15) is 4.79 Å². The molecule has 2 aromatic rings. The van der Waals surface area contributed by atoms with Gasteiger partial charge in [0, 0.05) is 11.3 Å². The first kappa shape index (κ1) is 15.8. The highest BCUT2D eigenvalue weighted by molar-refractivity contribution is 6.32. The third-order valence-corrected chi connectivity index (χ3v) is 4.58. The number of rotatable bonds is 2. The maximum Gasteiger partial charge on any atom is 0.255 e. The monoisotopic (exact) mass is 330 g/mol. The number of pyridine rings is 1. The summed E-state index contributed by atoms with van der Waals surface area (Å²) in [7, 11) is 0. The van der Waals surface area contributed by atoms with Crippen molar-refractivity contribution in [2.75, 3.05) is 6.61 Å². The van der Waals surface area contributed by atoms with Crippen molar-refractivity contribution in [3.63, 3.8) is 0 Å². The molecule has 0 saturated heterocycles. The summed E-state index contributed by atoms with van der Waals surface area (Å²) in [4.78, 5) is 16.8. The Morgan fingerprint density at radius 3 is 2.70 bits per heavy atom. The van der Waals surface area contributed by atoms with Crippen LogP contribution < -0.4 is 10.1 Å². The van der Waals surface area contributed by atoms with Crippen LogP contribution >= 0.6 is 11.6 Å². The van der Waals surface area contributed by atoms with Gasteiger partial charge in [0.15, 0.2) is 0 Å². The first-order chi connectivity index (χ1) is 10.9. The molecule has 1 aromatic carbocycles. The summed E-state index contributed by atoms with van der Waals surface area (Å²) in [5, 5.41) is 3.25. The molecule has 1 amide bonds. The first-order valence-electron chi connectivity index (χ1n) is 7.56. The third kappa shape index (κ3) is 2.79. The Bertz CT molecular complexity index is 779. The van der Waals surface area contributed by atoms with E-state index in [4.69, 9.17) is 16.3 Å². The van der Waals surface area contributed by atoms with E-state index in [0.29, 0.717) is 12.2 Å². The van der Waals surface area contributed by atoms with Gasteiger partial charge in [-0.1, -0.05) is 23.7 Å². The average molecular weight is 331 g/mol. The summed E-state index contributed by atoms with van der Waals surface area (Å²) in [6.45, 7) is 8.23. The van der Waals surface area contributed by atoms with Gasteiger partial charge in [0.1, 0.15) is 17.5 Å². The SMILES string of the molecule is Cc1cc(C)c(C(=O)N[C@H]2COc3c2ccc(C)c3C)c(Cl)n1. The maximum atomic E-state index is 12.6. The molecule has 5 heteroatoms. The smallest absolute Gasteiger partial charge is 0.255 e. The average Bonchev–Trinajstić information content (AvgIpc) is 2.85. The fourth-order valence-corrected chi connectivity index (χ4v) is 3.32. The summed E-state index contributed by atoms with van der Waals surface area (Å²) in [6.07, 6.45) is 0. The molecule has 2 heterocycles. The van der Waals surface area contributed by atoms with Gasteiger partial charge in [0.25, 0.3) is 5.91 Å². The van der Waals surface area contributed by atoms with Gasteiger partial charge in [-0.05, 0) is 50.5 Å². The van der Waals surface area contributed by atoms with Crippen LogP contribution in [-0.2, 0) is 0 Å². The van der Waals surface area contributed by atoms with E-state index in [-0.39, 0.29) is 17.1 Å². The number of hydrogen-bond acceptors (Lipinski definition) is 3. The largest absolute Gasteiger partial charge is 0.490 e. The molecule has 0 unspecified atom stereocenters. The number of benzene rings is 1. The van der Waals surface area contributed by atoms with Gasteiger partial charge in [-0.25, -0.2) is 4.98 Å². The predicted octanol–water partition coefficient (Wildman–Crippen LogP) is 3.83. The van der Waals surface area contributed by atoms with Crippen molar-refractivity contribution >= 4 is 17.5 Å². The van der Waals surface area contributed by atoms with Crippen LogP contribution in [0.4, 0.5) is 0 Å². The minimum absolute atomic E-state index is 0.173. The van der Waals surface area contributed by atoms with Crippen LogP contribution in [0.2, 0.25) is 5.15 Å². The molecule has 4 nitrogen and oxygen atoms in total. The normalized spacial score (nSPS) is 16.0. The minimum atomic E-state index is -0.223. The molecule has 1 N–H and O–H groups in total. The fraction of sp³-hybridized carbons (Fsp3) is 0.333. The Morgan fingerprint density at radius 1 is 1.26 bits per heavy atom. The highest BCUT2D eigenvalue weighted by Gasteiger charge is 2.28. The highest BCUT2D eigenvalue weighted by atomic mass is 35.5. The molecule has 0 saturated carbocycles. The number of ether oxygens (including phenoxy) is 1. The lowest BCUT2D eigenvalue weighted by atomic mass is 10.0. The van der Waals surface area contributed by atoms with Gasteiger partial charge in [-0.3, -0.25) is 4.79 Å². The predicted molar refractivity (Wildman–Crippen MR) is 90.3 cm³/mol. The molecule has 3 rings (SSSR count). The molecule has 1 atom stereocenters. The molecule has 1 aliphatic rings. The maximum absolute atomic E-state index is 12.6. The number of nitrogens with zero attached hydrogens (tertiary/aromatic N) is 1. The van der Waals surface area contributed by atoms with Crippen molar-refractivity contribution in [1.29, 1.82) is 0 Å². The van der Waals surface area contributed by atoms with Crippen LogP contribution in [0.25, 0.3) is 0 Å². The Kier molecular flexibility index (Phi) is 4.02. The van der Waals surface area contributed by atoms with E-state index in [1.165, 1.54) is 5.56 Å². The topological polar surface area (TPSA) is 51.2 Å². The molecule has 1 aliphatic heterocycles. The molecule has 0 spiro atoms. The molecule has 1 aromatic heterocycles. The Morgan fingerprint density at radius 2 is 2.00 bits per heavy atom. The van der Waals surface area contributed by atoms with Crippen molar-refractivity contribution in [1.82, 2.24) is 10.3 Å². The quantitative estimate of drug-likeness (QED) is 0.851. The van der Waals surface area contributed by atoms with Crippen LogP contribution in [0.1, 0.15) is 44.3 Å². The molecule has 0 bridgehead atoms. The number of aromatic nitrogens is 1. The van der Waals surface area contributed by atoms with Gasteiger partial charge in [0.05, 0.1) is 11.6 Å². The number of fused-ring (bicyclic) bond motifs is 1. The van der Waals surface area contributed by atoms with Crippen molar-refractivity contribution < 1.29 is 9.53 Å². The lowest BCUT2D eigenvalue weighted by Crippen LogP contribution is -2.30. The van der Waals surface area contributed by atoms with Crippen LogP contribution in [0.3, 0.4) is 0 Å². The van der Waals surface area contributed by atoms with Crippen molar-refractivity contribution in [2.45, 2.75) is 33.7 Å². The van der Waals surface area contributed by atoms with Crippen LogP contribution in [-0.4, -0.2) is 17.5 Å². The number of carbonyl (C=O) groups is 1. The summed E-state index contributed by atoms with van der Waals surface area (Å²) in [5.41, 5.74) is 5.34. The van der Waals surface area contributed by atoms with E-state index >= 15 is 0 Å². The number of amides is 1. The molecule has 0 aliphatic carbocycles. The van der Waals surface area contributed by atoms with E-state index in [1.807, 2.05) is 45.9 Å². The second-order valence-corrected chi connectivity index (χ2v) is 6.37. The Balaban J connectivity index is 1.88. The number of nitrogens with one attached hydrogen (secondary N) is 1. The van der Waals surface area contributed by atoms with Crippen molar-refractivity contribution in [3.8, 4) is 5.75 Å². The third-order valence-electron chi connectivity index (χ3n) is 4.31. The van der Waals surface area contributed by atoms with Crippen LogP contribution in [0.5, 0.6) is 5.75 Å². The molecular formula is C18H19ClN2O2. The zero-order valence-electron chi connectivity index (χ0n) is 13.7. The second kappa shape index (κ2) is 5.85. The van der Waals surface area contributed by atoms with Gasteiger partial charge in [0.2, 0.25) is 0 Å². The Labute approximate surface area is 140 Å². The van der Waals surface area contributed by atoms with Gasteiger partial charge >= 0.3 is 0 Å². The minimum Gasteiger partial charge on any atom is -0.490 e. The summed E-state index contributed by atoms with van der Waals surface area (Å²) in [6, 6.07) is 5.74. The van der Waals surface area contributed by atoms with Crippen molar-refractivity contribution in [2.24, 2.45) is 0 Å².